The molecule has 0 spiro atoms. The van der Waals surface area contributed by atoms with Gasteiger partial charge in [0.1, 0.15) is 17.0 Å². The van der Waals surface area contributed by atoms with Crippen LogP contribution in [0.25, 0.3) is 16.1 Å². The molecule has 4 aromatic rings. The molecule has 0 atom stereocenters. The van der Waals surface area contributed by atoms with Crippen LogP contribution in [-0.4, -0.2) is 20.5 Å². The van der Waals surface area contributed by atoms with Gasteiger partial charge in [0.15, 0.2) is 3.95 Å². The van der Waals surface area contributed by atoms with Gasteiger partial charge in [-0.25, -0.2) is 4.98 Å². The molecule has 3 aromatic heterocycles. The van der Waals surface area contributed by atoms with Crippen molar-refractivity contribution in [3.63, 3.8) is 0 Å². The van der Waals surface area contributed by atoms with Crippen LogP contribution in [0.5, 0.6) is 0 Å². The van der Waals surface area contributed by atoms with Crippen LogP contribution in [0, 0.1) is 3.95 Å². The summed E-state index contributed by atoms with van der Waals surface area (Å²) in [5.74, 6) is 0.406. The van der Waals surface area contributed by atoms with Crippen LogP contribution >= 0.6 is 23.6 Å². The molecule has 1 aromatic carbocycles. The van der Waals surface area contributed by atoms with Crippen molar-refractivity contribution < 1.29 is 0 Å². The highest BCUT2D eigenvalue weighted by Crippen LogP contribution is 2.26. The van der Waals surface area contributed by atoms with Gasteiger partial charge in [0.05, 0.1) is 4.88 Å². The van der Waals surface area contributed by atoms with Crippen molar-refractivity contribution in [2.24, 2.45) is 0 Å². The predicted molar refractivity (Wildman–Crippen MR) is 129 cm³/mol. The summed E-state index contributed by atoms with van der Waals surface area (Å²) in [5, 5.41) is 3.12. The Bertz CT molecular complexity index is 1390. The van der Waals surface area contributed by atoms with Crippen molar-refractivity contribution in [3.05, 3.63) is 104 Å². The summed E-state index contributed by atoms with van der Waals surface area (Å²) >= 11 is 6.76. The van der Waals surface area contributed by atoms with Gasteiger partial charge in [0.25, 0.3) is 11.1 Å². The van der Waals surface area contributed by atoms with Gasteiger partial charge < -0.3 is 5.32 Å². The highest BCUT2D eigenvalue weighted by Gasteiger charge is 2.17. The van der Waals surface area contributed by atoms with Crippen LogP contribution in [0.3, 0.4) is 0 Å². The topological polar surface area (TPSA) is 68.4 Å². The van der Waals surface area contributed by atoms with Gasteiger partial charge in [-0.15, -0.1) is 17.9 Å². The van der Waals surface area contributed by atoms with E-state index in [1.807, 2.05) is 36.4 Å². The van der Waals surface area contributed by atoms with E-state index >= 15 is 0 Å². The minimum Gasteiger partial charge on any atom is -0.366 e. The molecule has 1 N–H and O–H groups in total. The number of rotatable bonds is 7. The Kier molecular flexibility index (Phi) is 6.20. The number of nitrogens with one attached hydrogen (secondary N) is 1. The first-order chi connectivity index (χ1) is 15.1. The monoisotopic (exact) mass is 448 g/mol. The second kappa shape index (κ2) is 9.20. The van der Waals surface area contributed by atoms with Crippen LogP contribution in [0.1, 0.15) is 5.56 Å². The smallest absolute Gasteiger partial charge is 0.268 e. The zero-order valence-electron chi connectivity index (χ0n) is 16.7. The van der Waals surface area contributed by atoms with Crippen molar-refractivity contribution in [1.29, 1.82) is 0 Å². The zero-order valence-corrected chi connectivity index (χ0v) is 18.3. The lowest BCUT2D eigenvalue weighted by Gasteiger charge is -2.12. The Morgan fingerprint density at radius 3 is 2.65 bits per heavy atom. The second-order valence-electron chi connectivity index (χ2n) is 6.84. The molecule has 0 aliphatic carbocycles. The van der Waals surface area contributed by atoms with E-state index in [1.54, 1.807) is 29.0 Å². The Labute approximate surface area is 187 Å². The zero-order chi connectivity index (χ0) is 21.8. The van der Waals surface area contributed by atoms with Gasteiger partial charge in [-0.2, -0.15) is 0 Å². The lowest BCUT2D eigenvalue weighted by atomic mass is 10.1. The summed E-state index contributed by atoms with van der Waals surface area (Å²) in [6.07, 6.45) is 4.04. The van der Waals surface area contributed by atoms with E-state index < -0.39 is 0 Å². The maximum atomic E-state index is 13.3. The van der Waals surface area contributed by atoms with Gasteiger partial charge in [-0.1, -0.05) is 42.5 Å². The second-order valence-corrected chi connectivity index (χ2v) is 8.52. The molecule has 8 heteroatoms. The molecule has 4 rings (SSSR count). The summed E-state index contributed by atoms with van der Waals surface area (Å²) in [7, 11) is 0. The minimum absolute atomic E-state index is 0.234. The highest BCUT2D eigenvalue weighted by molar-refractivity contribution is 7.73. The third kappa shape index (κ3) is 4.40. The fourth-order valence-corrected chi connectivity index (χ4v) is 4.65. The fourth-order valence-electron chi connectivity index (χ4n) is 3.28. The standard InChI is InChI=1S/C23H20N4O2S2/c1-2-12-24-21-20(22(29)26-13-7-6-10-18(26)25-21)17-15-19(28)27(23(30)31-17)14-11-16-8-4-3-5-9-16/h2-10,13,15,24H,1,11-12,14H2. The quantitative estimate of drug-likeness (QED) is 0.340. The molecular formula is C23H20N4O2S2. The lowest BCUT2D eigenvalue weighted by molar-refractivity contribution is 0.671. The molecule has 3 heterocycles. The lowest BCUT2D eigenvalue weighted by Crippen LogP contribution is -2.23. The summed E-state index contributed by atoms with van der Waals surface area (Å²) in [5.41, 5.74) is 1.48. The van der Waals surface area contributed by atoms with Gasteiger partial charge in [0.2, 0.25) is 0 Å². The molecule has 0 unspecified atom stereocenters. The molecule has 0 aliphatic rings. The van der Waals surface area contributed by atoms with E-state index in [2.05, 4.69) is 16.9 Å². The van der Waals surface area contributed by atoms with Gasteiger partial charge >= 0.3 is 0 Å². The number of nitrogens with zero attached hydrogens (tertiary/aromatic N) is 3. The van der Waals surface area contributed by atoms with Crippen molar-refractivity contribution >= 4 is 35.0 Å². The number of hydrogen-bond donors (Lipinski definition) is 1. The predicted octanol–water partition coefficient (Wildman–Crippen LogP) is 4.15. The first kappa shape index (κ1) is 20.9. The number of pyridine rings is 1. The molecule has 0 bridgehead atoms. The van der Waals surface area contributed by atoms with Crippen molar-refractivity contribution in [2.75, 3.05) is 11.9 Å². The summed E-state index contributed by atoms with van der Waals surface area (Å²) in [6, 6.07) is 16.7. The number of aryl methyl sites for hydroxylation is 1. The van der Waals surface area contributed by atoms with E-state index in [4.69, 9.17) is 12.2 Å². The Morgan fingerprint density at radius 1 is 1.13 bits per heavy atom. The van der Waals surface area contributed by atoms with Crippen LogP contribution < -0.4 is 16.4 Å². The normalized spacial score (nSPS) is 10.8. The Hall–Kier alpha value is -3.36. The van der Waals surface area contributed by atoms with Crippen LogP contribution in [0.15, 0.2) is 83.0 Å². The summed E-state index contributed by atoms with van der Waals surface area (Å²) in [6.45, 7) is 4.62. The molecule has 0 aliphatic heterocycles. The maximum absolute atomic E-state index is 13.3. The molecule has 31 heavy (non-hydrogen) atoms. The summed E-state index contributed by atoms with van der Waals surface area (Å²) in [4.78, 5) is 31.2. The van der Waals surface area contributed by atoms with E-state index in [9.17, 15) is 9.59 Å². The average molecular weight is 449 g/mol. The molecule has 0 saturated carbocycles. The number of anilines is 1. The molecule has 6 nitrogen and oxygen atoms in total. The van der Waals surface area contributed by atoms with Crippen molar-refractivity contribution in [1.82, 2.24) is 14.0 Å². The molecule has 0 fully saturated rings. The summed E-state index contributed by atoms with van der Waals surface area (Å²) < 4.78 is 3.45. The third-order valence-electron chi connectivity index (χ3n) is 4.80. The molecule has 0 saturated heterocycles. The number of fused-ring (bicyclic) bond motifs is 1. The first-order valence-electron chi connectivity index (χ1n) is 9.74. The largest absolute Gasteiger partial charge is 0.366 e. The maximum Gasteiger partial charge on any atom is 0.268 e. The van der Waals surface area contributed by atoms with E-state index in [1.165, 1.54) is 21.8 Å². The number of benzene rings is 1. The van der Waals surface area contributed by atoms with Gasteiger partial charge in [0, 0.05) is 25.4 Å². The molecule has 156 valence electrons. The number of hydrogen-bond acceptors (Lipinski definition) is 6. The van der Waals surface area contributed by atoms with Crippen molar-refractivity contribution in [2.45, 2.75) is 13.0 Å². The minimum atomic E-state index is -0.260. The van der Waals surface area contributed by atoms with Gasteiger partial charge in [-0.05, 0) is 36.3 Å². The first-order valence-corrected chi connectivity index (χ1v) is 11.0. The van der Waals surface area contributed by atoms with E-state index in [0.29, 0.717) is 45.4 Å². The van der Waals surface area contributed by atoms with Crippen LogP contribution in [-0.2, 0) is 13.0 Å². The SMILES string of the molecule is C=CCNc1nc2ccccn2c(=O)c1-c1cc(=O)n(CCc2ccccc2)c(=S)s1. The Morgan fingerprint density at radius 2 is 1.90 bits per heavy atom. The number of aromatic nitrogens is 3. The third-order valence-corrected chi connectivity index (χ3v) is 6.21. The molecule has 0 amide bonds. The average Bonchev–Trinajstić information content (AvgIpc) is 2.78. The van der Waals surface area contributed by atoms with Crippen molar-refractivity contribution in [3.8, 4) is 10.4 Å². The van der Waals surface area contributed by atoms with Crippen LogP contribution in [0.4, 0.5) is 5.82 Å². The van der Waals surface area contributed by atoms with Gasteiger partial charge in [-0.3, -0.25) is 18.6 Å². The fraction of sp³-hybridized carbons (Fsp3) is 0.130. The van der Waals surface area contributed by atoms with E-state index in [0.717, 1.165) is 5.56 Å². The molecule has 0 radical (unpaired) electrons. The highest BCUT2D eigenvalue weighted by atomic mass is 32.1. The Balaban J connectivity index is 1.80. The van der Waals surface area contributed by atoms with Crippen LogP contribution in [0.2, 0.25) is 0 Å². The molecular weight excluding hydrogens is 428 g/mol. The van der Waals surface area contributed by atoms with E-state index in [-0.39, 0.29) is 11.1 Å².